The Bertz CT molecular complexity index is 718. The van der Waals surface area contributed by atoms with Crippen LogP contribution in [-0.2, 0) is 0 Å². The van der Waals surface area contributed by atoms with Gasteiger partial charge in [0.15, 0.2) is 0 Å². The number of aromatic nitrogens is 1. The van der Waals surface area contributed by atoms with Crippen molar-refractivity contribution in [3.63, 3.8) is 0 Å². The summed E-state index contributed by atoms with van der Waals surface area (Å²) in [5.74, 6) is -2.40. The van der Waals surface area contributed by atoms with E-state index in [0.29, 0.717) is 0 Å². The number of halogens is 2. The van der Waals surface area contributed by atoms with E-state index in [9.17, 15) is 19.3 Å². The van der Waals surface area contributed by atoms with Gasteiger partial charge < -0.3 is 10.4 Å². The van der Waals surface area contributed by atoms with E-state index in [2.05, 4.69) is 10.3 Å². The maximum absolute atomic E-state index is 13.6. The van der Waals surface area contributed by atoms with Crippen molar-refractivity contribution in [3.8, 4) is 0 Å². The molecular formula is C12H7ClFN3O4. The molecule has 0 saturated heterocycles. The summed E-state index contributed by atoms with van der Waals surface area (Å²) in [6, 6.07) is 4.73. The maximum atomic E-state index is 13.6. The average Bonchev–Trinajstić information content (AvgIpc) is 2.42. The molecule has 0 radical (unpaired) electrons. The van der Waals surface area contributed by atoms with Crippen LogP contribution in [0, 0.1) is 15.9 Å². The fourth-order valence-corrected chi connectivity index (χ4v) is 1.76. The minimum Gasteiger partial charge on any atom is -0.478 e. The van der Waals surface area contributed by atoms with E-state index >= 15 is 0 Å². The molecule has 1 aromatic carbocycles. The Morgan fingerprint density at radius 1 is 1.48 bits per heavy atom. The van der Waals surface area contributed by atoms with Gasteiger partial charge in [-0.2, -0.15) is 0 Å². The molecule has 0 aliphatic carbocycles. The van der Waals surface area contributed by atoms with Crippen molar-refractivity contribution in [2.24, 2.45) is 0 Å². The van der Waals surface area contributed by atoms with Crippen molar-refractivity contribution in [2.45, 2.75) is 0 Å². The first-order chi connectivity index (χ1) is 9.90. The highest BCUT2D eigenvalue weighted by Gasteiger charge is 2.19. The largest absolute Gasteiger partial charge is 0.478 e. The first kappa shape index (κ1) is 14.7. The summed E-state index contributed by atoms with van der Waals surface area (Å²) in [6.45, 7) is 0. The fourth-order valence-electron chi connectivity index (χ4n) is 1.55. The van der Waals surface area contributed by atoms with Crippen LogP contribution >= 0.6 is 11.6 Å². The normalized spacial score (nSPS) is 10.2. The van der Waals surface area contributed by atoms with Gasteiger partial charge in [0.25, 0.3) is 5.69 Å². The predicted molar refractivity (Wildman–Crippen MR) is 72.5 cm³/mol. The van der Waals surface area contributed by atoms with Crippen LogP contribution in [-0.4, -0.2) is 21.0 Å². The average molecular weight is 312 g/mol. The molecule has 2 rings (SSSR count). The van der Waals surface area contributed by atoms with Crippen LogP contribution < -0.4 is 5.32 Å². The molecule has 0 fully saturated rings. The summed E-state index contributed by atoms with van der Waals surface area (Å²) in [5.41, 5.74) is -1.12. The van der Waals surface area contributed by atoms with Crippen LogP contribution in [0.2, 0.25) is 5.02 Å². The number of aromatic carboxylic acids is 1. The van der Waals surface area contributed by atoms with E-state index in [1.165, 1.54) is 12.1 Å². The van der Waals surface area contributed by atoms with Gasteiger partial charge in [0, 0.05) is 6.07 Å². The number of hydrogen-bond acceptors (Lipinski definition) is 5. The summed E-state index contributed by atoms with van der Waals surface area (Å²) in [5, 5.41) is 22.1. The van der Waals surface area contributed by atoms with Crippen LogP contribution in [0.15, 0.2) is 30.5 Å². The highest BCUT2D eigenvalue weighted by atomic mass is 35.5. The molecule has 7 nitrogen and oxygen atoms in total. The number of benzene rings is 1. The van der Waals surface area contributed by atoms with Gasteiger partial charge in [-0.05, 0) is 12.1 Å². The monoisotopic (exact) mass is 311 g/mol. The van der Waals surface area contributed by atoms with Gasteiger partial charge in [0.1, 0.15) is 23.4 Å². The predicted octanol–water partition coefficient (Wildman–Crippen LogP) is 3.22. The third-order valence-electron chi connectivity index (χ3n) is 2.52. The third kappa shape index (κ3) is 3.06. The van der Waals surface area contributed by atoms with Crippen molar-refractivity contribution in [1.29, 1.82) is 0 Å². The quantitative estimate of drug-likeness (QED) is 0.663. The topological polar surface area (TPSA) is 105 Å². The third-order valence-corrected chi connectivity index (χ3v) is 2.84. The molecule has 0 aliphatic heterocycles. The lowest BCUT2D eigenvalue weighted by atomic mass is 10.2. The molecule has 1 aromatic heterocycles. The number of nitrogens with zero attached hydrogens (tertiary/aromatic N) is 2. The van der Waals surface area contributed by atoms with Crippen LogP contribution in [0.4, 0.5) is 21.6 Å². The number of anilines is 2. The number of hydrogen-bond donors (Lipinski definition) is 2. The SMILES string of the molecule is O=C(O)c1cc([N+](=O)[O-])cnc1Nc1c(F)cccc1Cl. The number of carboxylic acids is 1. The lowest BCUT2D eigenvalue weighted by molar-refractivity contribution is -0.385. The lowest BCUT2D eigenvalue weighted by Gasteiger charge is -2.10. The molecule has 0 bridgehead atoms. The number of carboxylic acid groups (broad SMARTS) is 1. The number of nitrogens with one attached hydrogen (secondary N) is 1. The highest BCUT2D eigenvalue weighted by Crippen LogP contribution is 2.29. The van der Waals surface area contributed by atoms with Crippen LogP contribution in [0.1, 0.15) is 10.4 Å². The zero-order valence-corrected chi connectivity index (χ0v) is 11.0. The zero-order chi connectivity index (χ0) is 15.6. The molecule has 9 heteroatoms. The van der Waals surface area contributed by atoms with E-state index in [-0.39, 0.29) is 16.5 Å². The van der Waals surface area contributed by atoms with Gasteiger partial charge in [-0.25, -0.2) is 14.2 Å². The molecule has 108 valence electrons. The number of pyridine rings is 1. The molecule has 0 aliphatic rings. The van der Waals surface area contributed by atoms with Crippen LogP contribution in [0.3, 0.4) is 0 Å². The second kappa shape index (κ2) is 5.71. The molecule has 0 amide bonds. The number of para-hydroxylation sites is 1. The van der Waals surface area contributed by atoms with Crippen molar-refractivity contribution in [1.82, 2.24) is 4.98 Å². The van der Waals surface area contributed by atoms with Crippen molar-refractivity contribution >= 4 is 34.8 Å². The smallest absolute Gasteiger partial charge is 0.339 e. The molecule has 0 saturated carbocycles. The van der Waals surface area contributed by atoms with E-state index in [1.54, 1.807) is 0 Å². The Hall–Kier alpha value is -2.74. The fraction of sp³-hybridized carbons (Fsp3) is 0. The Kier molecular flexibility index (Phi) is 3.99. The molecular weight excluding hydrogens is 305 g/mol. The van der Waals surface area contributed by atoms with Gasteiger partial charge in [0.05, 0.1) is 15.6 Å². The second-order valence-corrected chi connectivity index (χ2v) is 4.28. The Balaban J connectivity index is 2.49. The summed E-state index contributed by atoms with van der Waals surface area (Å²) < 4.78 is 13.6. The van der Waals surface area contributed by atoms with E-state index in [1.807, 2.05) is 0 Å². The first-order valence-electron chi connectivity index (χ1n) is 5.49. The highest BCUT2D eigenvalue weighted by molar-refractivity contribution is 6.33. The molecule has 0 atom stereocenters. The Morgan fingerprint density at radius 2 is 2.19 bits per heavy atom. The van der Waals surface area contributed by atoms with Crippen molar-refractivity contribution in [3.05, 3.63) is 57.0 Å². The van der Waals surface area contributed by atoms with Crippen molar-refractivity contribution < 1.29 is 19.2 Å². The second-order valence-electron chi connectivity index (χ2n) is 3.87. The summed E-state index contributed by atoms with van der Waals surface area (Å²) in [7, 11) is 0. The molecule has 2 aromatic rings. The number of rotatable bonds is 4. The van der Waals surface area contributed by atoms with E-state index in [0.717, 1.165) is 18.3 Å². The first-order valence-corrected chi connectivity index (χ1v) is 5.86. The molecule has 21 heavy (non-hydrogen) atoms. The summed E-state index contributed by atoms with van der Waals surface area (Å²) in [6.07, 6.45) is 0.865. The van der Waals surface area contributed by atoms with Crippen LogP contribution in [0.5, 0.6) is 0 Å². The van der Waals surface area contributed by atoms with Gasteiger partial charge in [-0.1, -0.05) is 17.7 Å². The van der Waals surface area contributed by atoms with Gasteiger partial charge in [0.2, 0.25) is 0 Å². The van der Waals surface area contributed by atoms with Gasteiger partial charge in [-0.15, -0.1) is 0 Å². The number of carbonyl (C=O) groups is 1. The summed E-state index contributed by atoms with van der Waals surface area (Å²) >= 11 is 5.81. The zero-order valence-electron chi connectivity index (χ0n) is 10.2. The minimum absolute atomic E-state index is 0.0199. The molecule has 1 heterocycles. The van der Waals surface area contributed by atoms with E-state index in [4.69, 9.17) is 16.7 Å². The standard InChI is InChI=1S/C12H7ClFN3O4/c13-8-2-1-3-9(14)10(8)16-11-7(12(18)19)4-6(5-15-11)17(20)21/h1-5H,(H,15,16)(H,18,19). The van der Waals surface area contributed by atoms with Gasteiger partial charge in [-0.3, -0.25) is 10.1 Å². The number of nitro groups is 1. The molecule has 2 N–H and O–H groups in total. The maximum Gasteiger partial charge on any atom is 0.339 e. The lowest BCUT2D eigenvalue weighted by Crippen LogP contribution is -2.07. The Morgan fingerprint density at radius 3 is 2.76 bits per heavy atom. The van der Waals surface area contributed by atoms with E-state index < -0.39 is 28.0 Å². The minimum atomic E-state index is -1.44. The van der Waals surface area contributed by atoms with Gasteiger partial charge >= 0.3 is 5.97 Å². The Labute approximate surface area is 122 Å². The van der Waals surface area contributed by atoms with Crippen molar-refractivity contribution in [2.75, 3.05) is 5.32 Å². The molecule has 0 spiro atoms. The summed E-state index contributed by atoms with van der Waals surface area (Å²) in [4.78, 5) is 24.6. The van der Waals surface area contributed by atoms with Crippen LogP contribution in [0.25, 0.3) is 0 Å². The molecule has 0 unspecified atom stereocenters.